The highest BCUT2D eigenvalue weighted by Crippen LogP contribution is 2.43. The van der Waals surface area contributed by atoms with Crippen LogP contribution in [0.4, 0.5) is 4.79 Å². The number of hydrogen-bond donors (Lipinski definition) is 3. The first-order chi connectivity index (χ1) is 22.9. The van der Waals surface area contributed by atoms with Gasteiger partial charge in [-0.2, -0.15) is 0 Å². The molecule has 2 amide bonds. The van der Waals surface area contributed by atoms with E-state index < -0.39 is 18.3 Å². The summed E-state index contributed by atoms with van der Waals surface area (Å²) >= 11 is 0. The average Bonchev–Trinajstić information content (AvgIpc) is 3.54. The van der Waals surface area contributed by atoms with Crippen LogP contribution in [0, 0.1) is 5.92 Å². The summed E-state index contributed by atoms with van der Waals surface area (Å²) < 4.78 is 23.9. The van der Waals surface area contributed by atoms with Crippen molar-refractivity contribution in [3.05, 3.63) is 95.1 Å². The van der Waals surface area contributed by atoms with Crippen LogP contribution in [-0.4, -0.2) is 74.1 Å². The number of benzene rings is 3. The lowest BCUT2D eigenvalue weighted by Gasteiger charge is -2.43. The van der Waals surface area contributed by atoms with Crippen LogP contribution in [0.25, 0.3) is 11.1 Å². The first-order valence-electron chi connectivity index (χ1n) is 16.5. The van der Waals surface area contributed by atoms with Gasteiger partial charge >= 0.3 is 12.0 Å². The number of esters is 1. The van der Waals surface area contributed by atoms with Crippen LogP contribution in [-0.2, 0) is 36.9 Å². The third kappa shape index (κ3) is 9.18. The molecule has 2 saturated heterocycles. The van der Waals surface area contributed by atoms with E-state index in [4.69, 9.17) is 18.9 Å². The Balaban J connectivity index is 1.33. The number of aliphatic hydroxyl groups excluding tert-OH is 1. The van der Waals surface area contributed by atoms with Crippen molar-refractivity contribution in [2.24, 2.45) is 5.92 Å². The molecule has 252 valence electrons. The van der Waals surface area contributed by atoms with Gasteiger partial charge in [-0.1, -0.05) is 67.6 Å². The van der Waals surface area contributed by atoms with E-state index in [-0.39, 0.29) is 37.9 Å². The molecule has 2 aliphatic rings. The van der Waals surface area contributed by atoms with Gasteiger partial charge in [0.05, 0.1) is 32.0 Å². The van der Waals surface area contributed by atoms with Crippen molar-refractivity contribution in [3.8, 4) is 11.1 Å². The summed E-state index contributed by atoms with van der Waals surface area (Å²) in [5.41, 5.74) is 5.76. The van der Waals surface area contributed by atoms with E-state index in [0.717, 1.165) is 59.3 Å². The molecule has 0 bridgehead atoms. The summed E-state index contributed by atoms with van der Waals surface area (Å²) in [5.74, 6) is -0.384. The van der Waals surface area contributed by atoms with Crippen molar-refractivity contribution in [2.45, 2.75) is 64.4 Å². The van der Waals surface area contributed by atoms with E-state index in [0.29, 0.717) is 19.2 Å². The first-order valence-corrected chi connectivity index (χ1v) is 16.5. The summed E-state index contributed by atoms with van der Waals surface area (Å²) in [6.07, 6.45) is 1.44. The van der Waals surface area contributed by atoms with E-state index in [9.17, 15) is 14.7 Å². The Morgan fingerprint density at radius 1 is 0.957 bits per heavy atom. The number of rotatable bonds is 13. The summed E-state index contributed by atoms with van der Waals surface area (Å²) in [6, 6.07) is 24.1. The Labute approximate surface area is 277 Å². The molecule has 0 radical (unpaired) electrons. The van der Waals surface area contributed by atoms with Crippen LogP contribution in [0.5, 0.6) is 0 Å². The zero-order chi connectivity index (χ0) is 33.2. The SMILES string of the molecule is CCOC(=O)CNC(=O)NCc1cccc(-c2cccc([C@@H]3O[C@H](CN4CCC[C@H]4COC)[C@H](C)[C@H](c4ccc(CO)cc4)O3)c2)c1. The molecule has 2 heterocycles. The molecule has 3 aromatic carbocycles. The monoisotopic (exact) mass is 645 g/mol. The minimum atomic E-state index is -0.574. The van der Waals surface area contributed by atoms with Crippen LogP contribution >= 0.6 is 0 Å². The standard InChI is InChI=1S/C37H47N3O7/c1-4-45-34(42)21-39-37(43)38-20-27-8-5-9-29(18-27)30-10-6-11-31(19-30)36-46-33(22-40-17-7-12-32(40)24-44-3)25(2)35(47-36)28-15-13-26(23-41)14-16-28/h5-6,8-11,13-16,18-19,25,32-33,35-36,41H,4,7,12,17,20-24H2,1-3H3,(H2,38,39,43)/t25-,32-,33+,35+,36+/m0/s1. The number of carbonyl (C=O) groups is 2. The molecule has 3 aromatic rings. The van der Waals surface area contributed by atoms with Gasteiger partial charge in [0.25, 0.3) is 0 Å². The second-order valence-corrected chi connectivity index (χ2v) is 12.2. The predicted octanol–water partition coefficient (Wildman–Crippen LogP) is 5.11. The fourth-order valence-electron chi connectivity index (χ4n) is 6.41. The molecule has 10 heteroatoms. The highest BCUT2D eigenvalue weighted by Gasteiger charge is 2.40. The van der Waals surface area contributed by atoms with Gasteiger partial charge in [-0.3, -0.25) is 9.69 Å². The highest BCUT2D eigenvalue weighted by atomic mass is 16.7. The van der Waals surface area contributed by atoms with Gasteiger partial charge in [0.15, 0.2) is 6.29 Å². The Morgan fingerprint density at radius 2 is 1.72 bits per heavy atom. The van der Waals surface area contributed by atoms with Crippen molar-refractivity contribution in [2.75, 3.05) is 40.0 Å². The maximum Gasteiger partial charge on any atom is 0.325 e. The molecule has 10 nitrogen and oxygen atoms in total. The lowest BCUT2D eigenvalue weighted by molar-refractivity contribution is -0.276. The molecule has 0 unspecified atom stereocenters. The second-order valence-electron chi connectivity index (χ2n) is 12.2. The summed E-state index contributed by atoms with van der Waals surface area (Å²) in [5, 5.41) is 14.9. The zero-order valence-electron chi connectivity index (χ0n) is 27.5. The largest absolute Gasteiger partial charge is 0.465 e. The second kappa shape index (κ2) is 16.9. The normalized spacial score (nSPS) is 22.9. The van der Waals surface area contributed by atoms with Crippen LogP contribution in [0.3, 0.4) is 0 Å². The van der Waals surface area contributed by atoms with Crippen molar-refractivity contribution in [1.29, 1.82) is 0 Å². The fourth-order valence-corrected chi connectivity index (χ4v) is 6.41. The molecule has 5 rings (SSSR count). The Hall–Kier alpha value is -3.80. The van der Waals surface area contributed by atoms with E-state index in [1.165, 1.54) is 0 Å². The molecule has 2 aliphatic heterocycles. The number of likely N-dealkylation sites (tertiary alicyclic amines) is 1. The molecule has 0 aliphatic carbocycles. The van der Waals surface area contributed by atoms with E-state index >= 15 is 0 Å². The quantitative estimate of drug-likeness (QED) is 0.220. The number of carbonyl (C=O) groups excluding carboxylic acids is 2. The van der Waals surface area contributed by atoms with Crippen LogP contribution < -0.4 is 10.6 Å². The van der Waals surface area contributed by atoms with Crippen molar-refractivity contribution < 1.29 is 33.6 Å². The minimum Gasteiger partial charge on any atom is -0.465 e. The van der Waals surface area contributed by atoms with Gasteiger partial charge in [-0.25, -0.2) is 4.79 Å². The van der Waals surface area contributed by atoms with Gasteiger partial charge in [-0.15, -0.1) is 0 Å². The molecule has 0 saturated carbocycles. The fraction of sp³-hybridized carbons (Fsp3) is 0.459. The molecule has 3 N–H and O–H groups in total. The van der Waals surface area contributed by atoms with Crippen LogP contribution in [0.2, 0.25) is 0 Å². The molecule has 5 atom stereocenters. The molecule has 47 heavy (non-hydrogen) atoms. The number of ether oxygens (including phenoxy) is 4. The zero-order valence-corrected chi connectivity index (χ0v) is 27.5. The number of amides is 2. The number of methoxy groups -OCH3 is 1. The lowest BCUT2D eigenvalue weighted by atomic mass is 9.89. The van der Waals surface area contributed by atoms with Gasteiger partial charge in [0, 0.05) is 37.7 Å². The summed E-state index contributed by atoms with van der Waals surface area (Å²) in [6.45, 7) is 6.82. The topological polar surface area (TPSA) is 119 Å². The van der Waals surface area contributed by atoms with Gasteiger partial charge in [0.2, 0.25) is 0 Å². The maximum absolute atomic E-state index is 12.2. The first kappa shape index (κ1) is 34.5. The van der Waals surface area contributed by atoms with E-state index in [1.807, 2.05) is 60.7 Å². The van der Waals surface area contributed by atoms with Crippen LogP contribution in [0.15, 0.2) is 72.8 Å². The van der Waals surface area contributed by atoms with Gasteiger partial charge < -0.3 is 34.7 Å². The minimum absolute atomic E-state index is 0.00168. The summed E-state index contributed by atoms with van der Waals surface area (Å²) in [4.78, 5) is 26.2. The van der Waals surface area contributed by atoms with Crippen molar-refractivity contribution in [3.63, 3.8) is 0 Å². The number of aliphatic hydroxyl groups is 1. The Morgan fingerprint density at radius 3 is 2.47 bits per heavy atom. The lowest BCUT2D eigenvalue weighted by Crippen LogP contribution is -2.46. The third-order valence-electron chi connectivity index (χ3n) is 8.97. The Bertz CT molecular complexity index is 1470. The third-order valence-corrected chi connectivity index (χ3v) is 8.97. The summed E-state index contributed by atoms with van der Waals surface area (Å²) in [7, 11) is 1.76. The maximum atomic E-state index is 12.2. The van der Waals surface area contributed by atoms with E-state index in [2.05, 4.69) is 34.6 Å². The number of nitrogens with zero attached hydrogens (tertiary/aromatic N) is 1. The van der Waals surface area contributed by atoms with Gasteiger partial charge in [-0.05, 0) is 66.3 Å². The Kier molecular flexibility index (Phi) is 12.4. The number of urea groups is 1. The molecule has 0 spiro atoms. The molecule has 2 fully saturated rings. The molecule has 0 aromatic heterocycles. The highest BCUT2D eigenvalue weighted by molar-refractivity contribution is 5.80. The van der Waals surface area contributed by atoms with Crippen molar-refractivity contribution in [1.82, 2.24) is 15.5 Å². The molecular weight excluding hydrogens is 598 g/mol. The number of nitrogens with one attached hydrogen (secondary N) is 2. The molecular formula is C37H47N3O7. The smallest absolute Gasteiger partial charge is 0.325 e. The van der Waals surface area contributed by atoms with E-state index in [1.54, 1.807) is 14.0 Å². The number of hydrogen-bond acceptors (Lipinski definition) is 8. The van der Waals surface area contributed by atoms with Gasteiger partial charge in [0.1, 0.15) is 6.54 Å². The van der Waals surface area contributed by atoms with Crippen LogP contribution in [0.1, 0.15) is 61.3 Å². The van der Waals surface area contributed by atoms with Crippen molar-refractivity contribution >= 4 is 12.0 Å². The predicted molar refractivity (Wildman–Crippen MR) is 178 cm³/mol. The average molecular weight is 646 g/mol.